The molecule has 0 fully saturated rings. The first-order chi connectivity index (χ1) is 11.5. The van der Waals surface area contributed by atoms with Gasteiger partial charge >= 0.3 is 0 Å². The first-order valence-electron chi connectivity index (χ1n) is 7.53. The average molecular weight is 327 g/mol. The summed E-state index contributed by atoms with van der Waals surface area (Å²) in [5.74, 6) is 1.37. The van der Waals surface area contributed by atoms with E-state index in [0.717, 1.165) is 0 Å². The lowest BCUT2D eigenvalue weighted by Gasteiger charge is -2.23. The van der Waals surface area contributed by atoms with E-state index in [9.17, 15) is 0 Å². The minimum atomic E-state index is 0.362. The molecule has 0 amide bonds. The molecule has 0 unspecified atom stereocenters. The Balaban J connectivity index is 3.11. The van der Waals surface area contributed by atoms with Crippen LogP contribution in [0, 0.1) is 34.0 Å². The monoisotopic (exact) mass is 327 g/mol. The second-order valence-electron chi connectivity index (χ2n) is 5.22. The van der Waals surface area contributed by atoms with E-state index in [1.54, 1.807) is 14.7 Å². The number of nitrogens with zero attached hydrogens (tertiary/aromatic N) is 9. The third kappa shape index (κ3) is 5.58. The van der Waals surface area contributed by atoms with Crippen molar-refractivity contribution in [2.24, 2.45) is 0 Å². The molecule has 0 saturated carbocycles. The molecule has 9 nitrogen and oxygen atoms in total. The minimum Gasteiger partial charge on any atom is -0.343 e. The molecule has 1 rings (SSSR count). The molecule has 0 aliphatic rings. The molecule has 0 aliphatic carbocycles. The van der Waals surface area contributed by atoms with Crippen LogP contribution in [0.1, 0.15) is 19.3 Å². The summed E-state index contributed by atoms with van der Waals surface area (Å²) in [5.41, 5.74) is 0. The Morgan fingerprint density at radius 3 is 1.08 bits per heavy atom. The van der Waals surface area contributed by atoms with Crippen LogP contribution in [0.15, 0.2) is 0 Å². The molecule has 0 spiro atoms. The molecule has 0 aromatic carbocycles. The molecular weight excluding hydrogens is 306 g/mol. The smallest absolute Gasteiger partial charge is 0.231 e. The number of anilines is 3. The van der Waals surface area contributed by atoms with E-state index in [-0.39, 0.29) is 0 Å². The van der Waals surface area contributed by atoms with E-state index < -0.39 is 0 Å². The molecular formula is C15H21N9. The Labute approximate surface area is 142 Å². The summed E-state index contributed by atoms with van der Waals surface area (Å²) in [6, 6.07) is 6.28. The topological polar surface area (TPSA) is 120 Å². The molecule has 24 heavy (non-hydrogen) atoms. The van der Waals surface area contributed by atoms with Gasteiger partial charge in [0.2, 0.25) is 17.8 Å². The normalized spacial score (nSPS) is 9.50. The van der Waals surface area contributed by atoms with Crippen LogP contribution in [0.3, 0.4) is 0 Å². The van der Waals surface area contributed by atoms with Gasteiger partial charge in [-0.3, -0.25) is 0 Å². The van der Waals surface area contributed by atoms with Crippen LogP contribution in [0.4, 0.5) is 17.8 Å². The van der Waals surface area contributed by atoms with Crippen molar-refractivity contribution in [1.29, 1.82) is 15.8 Å². The van der Waals surface area contributed by atoms with Crippen molar-refractivity contribution in [2.45, 2.75) is 19.3 Å². The van der Waals surface area contributed by atoms with E-state index in [4.69, 9.17) is 15.8 Å². The zero-order valence-electron chi connectivity index (χ0n) is 14.3. The van der Waals surface area contributed by atoms with Gasteiger partial charge in [0.1, 0.15) is 0 Å². The zero-order valence-corrected chi connectivity index (χ0v) is 14.3. The predicted molar refractivity (Wildman–Crippen MR) is 90.3 cm³/mol. The third-order valence-electron chi connectivity index (χ3n) is 3.30. The van der Waals surface area contributed by atoms with Gasteiger partial charge in [0, 0.05) is 40.8 Å². The molecule has 0 saturated heterocycles. The predicted octanol–water partition coefficient (Wildman–Crippen LogP) is 0.921. The van der Waals surface area contributed by atoms with Gasteiger partial charge in [-0.2, -0.15) is 30.7 Å². The van der Waals surface area contributed by atoms with E-state index in [1.165, 1.54) is 0 Å². The van der Waals surface area contributed by atoms with Gasteiger partial charge < -0.3 is 14.7 Å². The van der Waals surface area contributed by atoms with Gasteiger partial charge in [-0.25, -0.2) is 0 Å². The largest absolute Gasteiger partial charge is 0.343 e. The summed E-state index contributed by atoms with van der Waals surface area (Å²) in [5, 5.41) is 26.2. The molecule has 0 atom stereocenters. The second-order valence-corrected chi connectivity index (χ2v) is 5.22. The molecule has 0 bridgehead atoms. The summed E-state index contributed by atoms with van der Waals surface area (Å²) in [4.78, 5) is 18.6. The number of hydrogen-bond acceptors (Lipinski definition) is 9. The van der Waals surface area contributed by atoms with Crippen molar-refractivity contribution >= 4 is 17.8 Å². The molecule has 1 aromatic rings. The summed E-state index contributed by atoms with van der Waals surface area (Å²) in [6.07, 6.45) is 1.09. The van der Waals surface area contributed by atoms with E-state index >= 15 is 0 Å². The second kappa shape index (κ2) is 9.81. The highest BCUT2D eigenvalue weighted by atomic mass is 15.4. The maximum absolute atomic E-state index is 8.73. The quantitative estimate of drug-likeness (QED) is 0.651. The number of rotatable bonds is 9. The standard InChI is InChI=1S/C15H21N9/c1-22(10-4-7-16)13-19-14(23(2)11-5-8-17)21-15(20-13)24(3)12-6-9-18/h4-6,10-12H2,1-3H3. The maximum Gasteiger partial charge on any atom is 0.231 e. The molecule has 1 aromatic heterocycles. The van der Waals surface area contributed by atoms with Gasteiger partial charge in [0.25, 0.3) is 0 Å². The third-order valence-corrected chi connectivity index (χ3v) is 3.30. The fraction of sp³-hybridized carbons (Fsp3) is 0.600. The summed E-state index contributed by atoms with van der Waals surface area (Å²) >= 11 is 0. The number of hydrogen-bond donors (Lipinski definition) is 0. The maximum atomic E-state index is 8.73. The van der Waals surface area contributed by atoms with Crippen LogP contribution in [0.2, 0.25) is 0 Å². The Morgan fingerprint density at radius 1 is 0.625 bits per heavy atom. The van der Waals surface area contributed by atoms with Gasteiger partial charge in [0.15, 0.2) is 0 Å². The molecule has 1 heterocycles. The lowest BCUT2D eigenvalue weighted by Crippen LogP contribution is -2.28. The Bertz CT molecular complexity index is 550. The van der Waals surface area contributed by atoms with Crippen LogP contribution in [0.25, 0.3) is 0 Å². The van der Waals surface area contributed by atoms with Crippen molar-refractivity contribution < 1.29 is 0 Å². The average Bonchev–Trinajstić information content (AvgIpc) is 2.61. The molecule has 126 valence electrons. The van der Waals surface area contributed by atoms with Crippen LogP contribution in [-0.4, -0.2) is 55.7 Å². The first-order valence-corrected chi connectivity index (χ1v) is 7.53. The Hall–Kier alpha value is -3.12. The zero-order chi connectivity index (χ0) is 17.9. The number of nitriles is 3. The van der Waals surface area contributed by atoms with Crippen molar-refractivity contribution in [3.8, 4) is 18.2 Å². The Morgan fingerprint density at radius 2 is 0.875 bits per heavy atom. The summed E-state index contributed by atoms with van der Waals surface area (Å²) < 4.78 is 0. The van der Waals surface area contributed by atoms with Crippen LogP contribution >= 0.6 is 0 Å². The fourth-order valence-corrected chi connectivity index (χ4v) is 1.81. The van der Waals surface area contributed by atoms with Crippen LogP contribution in [0.5, 0.6) is 0 Å². The molecule has 0 radical (unpaired) electrons. The molecule has 0 aliphatic heterocycles. The highest BCUT2D eigenvalue weighted by Crippen LogP contribution is 2.17. The lowest BCUT2D eigenvalue weighted by atomic mass is 10.4. The van der Waals surface area contributed by atoms with Gasteiger partial charge in [-0.1, -0.05) is 0 Å². The lowest BCUT2D eigenvalue weighted by molar-refractivity contribution is 0.786. The van der Waals surface area contributed by atoms with Crippen molar-refractivity contribution in [1.82, 2.24) is 15.0 Å². The van der Waals surface area contributed by atoms with E-state index in [0.29, 0.717) is 56.7 Å². The van der Waals surface area contributed by atoms with E-state index in [2.05, 4.69) is 33.2 Å². The SMILES string of the molecule is CN(CCC#N)c1nc(N(C)CCC#N)nc(N(C)CCC#N)n1. The highest BCUT2D eigenvalue weighted by Gasteiger charge is 2.15. The summed E-state index contributed by atoms with van der Waals surface area (Å²) in [7, 11) is 5.43. The van der Waals surface area contributed by atoms with Crippen molar-refractivity contribution in [2.75, 3.05) is 55.5 Å². The van der Waals surface area contributed by atoms with Crippen molar-refractivity contribution in [3.05, 3.63) is 0 Å². The Kier molecular flexibility index (Phi) is 7.73. The first kappa shape index (κ1) is 18.9. The summed E-state index contributed by atoms with van der Waals surface area (Å²) in [6.45, 7) is 1.51. The van der Waals surface area contributed by atoms with Crippen molar-refractivity contribution in [3.63, 3.8) is 0 Å². The van der Waals surface area contributed by atoms with Gasteiger partial charge in [0.05, 0.1) is 37.5 Å². The molecule has 9 heteroatoms. The van der Waals surface area contributed by atoms with Crippen LogP contribution in [-0.2, 0) is 0 Å². The highest BCUT2D eigenvalue weighted by molar-refractivity contribution is 5.45. The van der Waals surface area contributed by atoms with Gasteiger partial charge in [-0.15, -0.1) is 0 Å². The van der Waals surface area contributed by atoms with Crippen LogP contribution < -0.4 is 14.7 Å². The number of aromatic nitrogens is 3. The minimum absolute atomic E-state index is 0.362. The van der Waals surface area contributed by atoms with Gasteiger partial charge in [-0.05, 0) is 0 Å². The fourth-order valence-electron chi connectivity index (χ4n) is 1.81. The molecule has 0 N–H and O–H groups in total. The van der Waals surface area contributed by atoms with E-state index in [1.807, 2.05) is 21.1 Å².